The van der Waals surface area contributed by atoms with E-state index < -0.39 is 0 Å². The lowest BCUT2D eigenvalue weighted by molar-refractivity contribution is -0.132. The topological polar surface area (TPSA) is 32.3 Å². The van der Waals surface area contributed by atoms with Gasteiger partial charge in [-0.1, -0.05) is 0 Å². The first-order chi connectivity index (χ1) is 7.24. The van der Waals surface area contributed by atoms with Crippen LogP contribution < -0.4 is 5.32 Å². The molecule has 15 heavy (non-hydrogen) atoms. The highest BCUT2D eigenvalue weighted by molar-refractivity contribution is 7.99. The lowest BCUT2D eigenvalue weighted by Crippen LogP contribution is -2.46. The van der Waals surface area contributed by atoms with Gasteiger partial charge < -0.3 is 10.2 Å². The van der Waals surface area contributed by atoms with Gasteiger partial charge in [-0.2, -0.15) is 11.8 Å². The summed E-state index contributed by atoms with van der Waals surface area (Å²) in [6.45, 7) is 4.07. The summed E-state index contributed by atoms with van der Waals surface area (Å²) in [5.74, 6) is 0.346. The Morgan fingerprint density at radius 3 is 2.60 bits per heavy atom. The summed E-state index contributed by atoms with van der Waals surface area (Å²) >= 11 is 1.65. The molecule has 0 bridgehead atoms. The van der Waals surface area contributed by atoms with Crippen molar-refractivity contribution in [1.29, 1.82) is 0 Å². The molecular weight excluding hydrogens is 208 g/mol. The molecule has 1 amide bonds. The molecule has 2 atom stereocenters. The summed E-state index contributed by atoms with van der Waals surface area (Å²) in [6, 6.07) is 1.01. The van der Waals surface area contributed by atoms with E-state index in [1.54, 1.807) is 11.8 Å². The smallest absolute Gasteiger partial charge is 0.235 e. The fraction of sp³-hybridized carbons (Fsp3) is 0.909. The van der Waals surface area contributed by atoms with Crippen LogP contribution in [0.3, 0.4) is 0 Å². The van der Waals surface area contributed by atoms with E-state index in [9.17, 15) is 4.79 Å². The van der Waals surface area contributed by atoms with E-state index in [0.717, 1.165) is 19.5 Å². The number of nitrogens with zero attached hydrogens (tertiary/aromatic N) is 1. The minimum atomic E-state index is 0.117. The van der Waals surface area contributed by atoms with Gasteiger partial charge in [0.15, 0.2) is 0 Å². The third-order valence-corrected chi connectivity index (χ3v) is 4.23. The lowest BCUT2D eigenvalue weighted by Gasteiger charge is -2.30. The molecular formula is C11H20N2OS. The molecule has 2 fully saturated rings. The molecule has 2 rings (SSSR count). The maximum absolute atomic E-state index is 12.2. The fourth-order valence-corrected chi connectivity index (χ4v) is 2.52. The molecule has 0 aromatic carbocycles. The van der Waals surface area contributed by atoms with Gasteiger partial charge in [0, 0.05) is 18.6 Å². The summed E-state index contributed by atoms with van der Waals surface area (Å²) in [7, 11) is 0. The Kier molecular flexibility index (Phi) is 3.57. The van der Waals surface area contributed by atoms with Crippen molar-refractivity contribution in [2.24, 2.45) is 0 Å². The third-order valence-electron chi connectivity index (χ3n) is 3.32. The van der Waals surface area contributed by atoms with Gasteiger partial charge in [-0.25, -0.2) is 0 Å². The van der Waals surface area contributed by atoms with Crippen molar-refractivity contribution < 1.29 is 4.79 Å². The van der Waals surface area contributed by atoms with Crippen LogP contribution in [-0.4, -0.2) is 47.5 Å². The quantitative estimate of drug-likeness (QED) is 0.782. The average Bonchev–Trinajstić information content (AvgIpc) is 2.92. The highest BCUT2D eigenvalue weighted by Gasteiger charge is 2.39. The SMILES string of the molecule is CSC(C)C(=O)N(C1CC1)C1CCNC1. The van der Waals surface area contributed by atoms with Gasteiger partial charge >= 0.3 is 0 Å². The van der Waals surface area contributed by atoms with E-state index in [0.29, 0.717) is 18.0 Å². The largest absolute Gasteiger partial charge is 0.334 e. The predicted octanol–water partition coefficient (Wildman–Crippen LogP) is 1.09. The van der Waals surface area contributed by atoms with Gasteiger partial charge in [-0.05, 0) is 39.0 Å². The molecule has 1 N–H and O–H groups in total. The van der Waals surface area contributed by atoms with Gasteiger partial charge in [0.05, 0.1) is 5.25 Å². The first kappa shape index (κ1) is 11.3. The molecule has 0 aromatic rings. The molecule has 1 aliphatic carbocycles. The van der Waals surface area contributed by atoms with Crippen LogP contribution in [0.1, 0.15) is 26.2 Å². The van der Waals surface area contributed by atoms with Crippen molar-refractivity contribution in [2.45, 2.75) is 43.5 Å². The second-order valence-corrected chi connectivity index (χ2v) is 5.68. The Labute approximate surface area is 96.0 Å². The second kappa shape index (κ2) is 4.74. The lowest BCUT2D eigenvalue weighted by atomic mass is 10.2. The maximum Gasteiger partial charge on any atom is 0.235 e. The molecule has 1 saturated heterocycles. The Balaban J connectivity index is 2.01. The molecule has 2 aliphatic rings. The number of amides is 1. The monoisotopic (exact) mass is 228 g/mol. The molecule has 3 nitrogen and oxygen atoms in total. The zero-order chi connectivity index (χ0) is 10.8. The van der Waals surface area contributed by atoms with Crippen molar-refractivity contribution in [2.75, 3.05) is 19.3 Å². The average molecular weight is 228 g/mol. The Morgan fingerprint density at radius 1 is 1.40 bits per heavy atom. The van der Waals surface area contributed by atoms with Gasteiger partial charge in [0.1, 0.15) is 0 Å². The van der Waals surface area contributed by atoms with E-state index in [1.165, 1.54) is 12.8 Å². The van der Waals surface area contributed by atoms with Crippen LogP contribution in [0.4, 0.5) is 0 Å². The molecule has 2 unspecified atom stereocenters. The zero-order valence-electron chi connectivity index (χ0n) is 9.53. The second-order valence-electron chi connectivity index (χ2n) is 4.50. The molecule has 1 heterocycles. The summed E-state index contributed by atoms with van der Waals surface area (Å²) in [6.07, 6.45) is 5.57. The van der Waals surface area contributed by atoms with E-state index in [4.69, 9.17) is 0 Å². The van der Waals surface area contributed by atoms with Crippen molar-refractivity contribution in [3.63, 3.8) is 0 Å². The number of carbonyl (C=O) groups is 1. The van der Waals surface area contributed by atoms with Gasteiger partial charge in [0.2, 0.25) is 5.91 Å². The van der Waals surface area contributed by atoms with Gasteiger partial charge in [0.25, 0.3) is 0 Å². The van der Waals surface area contributed by atoms with Crippen LogP contribution in [0.2, 0.25) is 0 Å². The first-order valence-corrected chi connectivity index (χ1v) is 7.08. The minimum Gasteiger partial charge on any atom is -0.334 e. The molecule has 1 aliphatic heterocycles. The van der Waals surface area contributed by atoms with E-state index >= 15 is 0 Å². The van der Waals surface area contributed by atoms with E-state index in [1.807, 2.05) is 13.2 Å². The van der Waals surface area contributed by atoms with Crippen LogP contribution in [-0.2, 0) is 4.79 Å². The van der Waals surface area contributed by atoms with E-state index in [-0.39, 0.29) is 5.25 Å². The zero-order valence-corrected chi connectivity index (χ0v) is 10.3. The van der Waals surface area contributed by atoms with Crippen LogP contribution in [0.25, 0.3) is 0 Å². The predicted molar refractivity (Wildman–Crippen MR) is 64.1 cm³/mol. The minimum absolute atomic E-state index is 0.117. The first-order valence-electron chi connectivity index (χ1n) is 5.79. The van der Waals surface area contributed by atoms with Crippen LogP contribution in [0, 0.1) is 0 Å². The highest BCUT2D eigenvalue weighted by atomic mass is 32.2. The Bertz CT molecular complexity index is 237. The normalized spacial score (nSPS) is 27.7. The third kappa shape index (κ3) is 2.48. The Morgan fingerprint density at radius 2 is 2.13 bits per heavy atom. The molecule has 86 valence electrons. The standard InChI is InChI=1S/C11H20N2OS/c1-8(15-2)11(14)13(9-3-4-9)10-5-6-12-7-10/h8-10,12H,3-7H2,1-2H3. The van der Waals surface area contributed by atoms with Crippen molar-refractivity contribution >= 4 is 17.7 Å². The molecule has 1 saturated carbocycles. The highest BCUT2D eigenvalue weighted by Crippen LogP contribution is 2.31. The number of nitrogens with one attached hydrogen (secondary N) is 1. The van der Waals surface area contributed by atoms with Crippen LogP contribution in [0.5, 0.6) is 0 Å². The maximum atomic E-state index is 12.2. The summed E-state index contributed by atoms with van der Waals surface area (Å²) in [5, 5.41) is 3.46. The number of thioether (sulfide) groups is 1. The van der Waals surface area contributed by atoms with Crippen molar-refractivity contribution in [3.05, 3.63) is 0 Å². The van der Waals surface area contributed by atoms with Crippen molar-refractivity contribution in [1.82, 2.24) is 10.2 Å². The molecule has 0 spiro atoms. The summed E-state index contributed by atoms with van der Waals surface area (Å²) in [5.41, 5.74) is 0. The van der Waals surface area contributed by atoms with Gasteiger partial charge in [-0.15, -0.1) is 0 Å². The van der Waals surface area contributed by atoms with Gasteiger partial charge in [-0.3, -0.25) is 4.79 Å². The molecule has 0 radical (unpaired) electrons. The number of hydrogen-bond donors (Lipinski definition) is 1. The molecule has 4 heteroatoms. The van der Waals surface area contributed by atoms with Crippen LogP contribution in [0.15, 0.2) is 0 Å². The van der Waals surface area contributed by atoms with E-state index in [2.05, 4.69) is 10.2 Å². The van der Waals surface area contributed by atoms with Crippen molar-refractivity contribution in [3.8, 4) is 0 Å². The number of hydrogen-bond acceptors (Lipinski definition) is 3. The fourth-order valence-electron chi connectivity index (χ4n) is 2.20. The Hall–Kier alpha value is -0.220. The summed E-state index contributed by atoms with van der Waals surface area (Å²) < 4.78 is 0. The number of carbonyl (C=O) groups excluding carboxylic acids is 1. The van der Waals surface area contributed by atoms with Crippen LogP contribution >= 0.6 is 11.8 Å². The number of rotatable bonds is 4. The summed E-state index contributed by atoms with van der Waals surface area (Å²) in [4.78, 5) is 14.4. The molecule has 0 aromatic heterocycles.